The van der Waals surface area contributed by atoms with Gasteiger partial charge >= 0.3 is 0 Å². The van der Waals surface area contributed by atoms with Gasteiger partial charge in [0, 0.05) is 52.4 Å². The second-order valence-electron chi connectivity index (χ2n) is 6.33. The van der Waals surface area contributed by atoms with Gasteiger partial charge in [0.15, 0.2) is 5.82 Å². The number of hydrogen-bond acceptors (Lipinski definition) is 6. The van der Waals surface area contributed by atoms with Crippen molar-refractivity contribution < 1.29 is 14.1 Å². The van der Waals surface area contributed by atoms with Crippen molar-refractivity contribution in [3.05, 3.63) is 29.7 Å². The van der Waals surface area contributed by atoms with Gasteiger partial charge in [0.2, 0.25) is 5.89 Å². The fourth-order valence-electron chi connectivity index (χ4n) is 3.23. The minimum atomic E-state index is -0.200. The molecule has 1 aliphatic heterocycles. The van der Waals surface area contributed by atoms with Gasteiger partial charge in [0.1, 0.15) is 5.69 Å². The summed E-state index contributed by atoms with van der Waals surface area (Å²) in [7, 11) is 3.50. The summed E-state index contributed by atoms with van der Waals surface area (Å²) in [4.78, 5) is 18.8. The summed E-state index contributed by atoms with van der Waals surface area (Å²) in [5.74, 6) is 1.26. The zero-order valence-corrected chi connectivity index (χ0v) is 14.4. The summed E-state index contributed by atoms with van der Waals surface area (Å²) in [6.07, 6.45) is 4.16. The van der Waals surface area contributed by atoms with Gasteiger partial charge in [-0.2, -0.15) is 10.1 Å². The lowest BCUT2D eigenvalue weighted by molar-refractivity contribution is 0.0610. The fourth-order valence-corrected chi connectivity index (χ4v) is 3.23. The highest BCUT2D eigenvalue weighted by molar-refractivity contribution is 5.92. The Balaban J connectivity index is 1.73. The van der Waals surface area contributed by atoms with E-state index in [0.29, 0.717) is 31.3 Å². The van der Waals surface area contributed by atoms with Crippen LogP contribution in [0.5, 0.6) is 0 Å². The van der Waals surface area contributed by atoms with Crippen LogP contribution in [0.1, 0.15) is 41.5 Å². The van der Waals surface area contributed by atoms with E-state index in [9.17, 15) is 4.79 Å². The lowest BCUT2D eigenvalue weighted by Gasteiger charge is -2.39. The molecule has 0 N–H and O–H groups in total. The van der Waals surface area contributed by atoms with Gasteiger partial charge in [-0.15, -0.1) is 0 Å². The maximum Gasteiger partial charge on any atom is 0.274 e. The topological polar surface area (TPSA) is 86.3 Å². The van der Waals surface area contributed by atoms with Crippen LogP contribution >= 0.6 is 0 Å². The molecule has 8 heteroatoms. The van der Waals surface area contributed by atoms with Crippen molar-refractivity contribution in [2.45, 2.75) is 31.6 Å². The highest BCUT2D eigenvalue weighted by Gasteiger charge is 2.41. The van der Waals surface area contributed by atoms with Crippen LogP contribution in [0, 0.1) is 6.92 Å². The molecule has 130 valence electrons. The molecule has 0 aromatic carbocycles. The van der Waals surface area contributed by atoms with Gasteiger partial charge in [0.05, 0.1) is 0 Å². The summed E-state index contributed by atoms with van der Waals surface area (Å²) in [6.45, 7) is 3.71. The van der Waals surface area contributed by atoms with Crippen LogP contribution in [-0.4, -0.2) is 57.5 Å². The lowest BCUT2D eigenvalue weighted by atomic mass is 9.75. The Morgan fingerprint density at radius 3 is 2.71 bits per heavy atom. The predicted molar refractivity (Wildman–Crippen MR) is 85.6 cm³/mol. The van der Waals surface area contributed by atoms with Gasteiger partial charge in [-0.25, -0.2) is 0 Å². The Hall–Kier alpha value is -2.22. The van der Waals surface area contributed by atoms with Gasteiger partial charge in [-0.1, -0.05) is 5.16 Å². The molecule has 0 spiro atoms. The number of ether oxygens (including phenoxy) is 1. The van der Waals surface area contributed by atoms with Crippen molar-refractivity contribution >= 4 is 5.91 Å². The molecule has 2 aromatic heterocycles. The average Bonchev–Trinajstić information content (AvgIpc) is 3.21. The van der Waals surface area contributed by atoms with Gasteiger partial charge in [-0.05, 0) is 25.3 Å². The van der Waals surface area contributed by atoms with E-state index in [0.717, 1.165) is 25.1 Å². The first-order valence-corrected chi connectivity index (χ1v) is 8.13. The number of carbonyl (C=O) groups excluding carboxylic acids is 1. The van der Waals surface area contributed by atoms with E-state index in [4.69, 9.17) is 9.26 Å². The first-order valence-electron chi connectivity index (χ1n) is 8.13. The minimum absolute atomic E-state index is 0.0276. The summed E-state index contributed by atoms with van der Waals surface area (Å²) >= 11 is 0. The largest absolute Gasteiger partial charge is 0.385 e. The second kappa shape index (κ2) is 6.72. The summed E-state index contributed by atoms with van der Waals surface area (Å²) in [6, 6.07) is 1.75. The molecule has 24 heavy (non-hydrogen) atoms. The summed E-state index contributed by atoms with van der Waals surface area (Å²) in [5.41, 5.74) is 0.284. The van der Waals surface area contributed by atoms with E-state index < -0.39 is 0 Å². The van der Waals surface area contributed by atoms with Crippen molar-refractivity contribution in [1.29, 1.82) is 0 Å². The van der Waals surface area contributed by atoms with Crippen molar-refractivity contribution in [3.8, 4) is 0 Å². The number of likely N-dealkylation sites (tertiary alicyclic amines) is 1. The number of methoxy groups -OCH3 is 1. The molecule has 1 saturated heterocycles. The maximum absolute atomic E-state index is 12.6. The number of piperidine rings is 1. The first-order chi connectivity index (χ1) is 11.5. The Morgan fingerprint density at radius 2 is 2.17 bits per heavy atom. The van der Waals surface area contributed by atoms with E-state index in [-0.39, 0.29) is 11.3 Å². The fraction of sp³-hybridized carbons (Fsp3) is 0.625. The number of carbonyl (C=O) groups is 1. The summed E-state index contributed by atoms with van der Waals surface area (Å²) in [5, 5.41) is 8.33. The first kappa shape index (κ1) is 16.6. The molecule has 1 amide bonds. The molecule has 0 radical (unpaired) electrons. The van der Waals surface area contributed by atoms with E-state index in [1.807, 2.05) is 4.90 Å². The second-order valence-corrected chi connectivity index (χ2v) is 6.33. The van der Waals surface area contributed by atoms with Crippen LogP contribution < -0.4 is 0 Å². The third kappa shape index (κ3) is 3.19. The number of amides is 1. The predicted octanol–water partition coefficient (Wildman–Crippen LogP) is 1.32. The van der Waals surface area contributed by atoms with Gasteiger partial charge < -0.3 is 14.2 Å². The molecule has 0 atom stereocenters. The number of aromatic nitrogens is 4. The monoisotopic (exact) mass is 333 g/mol. The Labute approximate surface area is 140 Å². The van der Waals surface area contributed by atoms with Crippen LogP contribution in [0.15, 0.2) is 16.8 Å². The summed E-state index contributed by atoms with van der Waals surface area (Å²) < 4.78 is 12.1. The molecular weight excluding hydrogens is 310 g/mol. The molecule has 1 fully saturated rings. The molecule has 0 bridgehead atoms. The van der Waals surface area contributed by atoms with E-state index in [1.54, 1.807) is 38.0 Å². The molecular formula is C16H23N5O3. The van der Waals surface area contributed by atoms with E-state index in [1.165, 1.54) is 0 Å². The number of aryl methyl sites for hydroxylation is 2. The average molecular weight is 333 g/mol. The van der Waals surface area contributed by atoms with Crippen molar-refractivity contribution in [1.82, 2.24) is 24.8 Å². The SMILES string of the molecule is COCCC1(c2noc(C)n2)CCN(C(=O)c2ccn(C)n2)CC1. The van der Waals surface area contributed by atoms with Crippen LogP contribution in [0.4, 0.5) is 0 Å². The van der Waals surface area contributed by atoms with Gasteiger partial charge in [0.25, 0.3) is 5.91 Å². The highest BCUT2D eigenvalue weighted by atomic mass is 16.5. The van der Waals surface area contributed by atoms with E-state index in [2.05, 4.69) is 15.2 Å². The molecule has 0 aliphatic carbocycles. The molecule has 0 unspecified atom stereocenters. The number of hydrogen-bond donors (Lipinski definition) is 0. The Bertz CT molecular complexity index is 700. The van der Waals surface area contributed by atoms with Crippen molar-refractivity contribution in [2.24, 2.45) is 7.05 Å². The Morgan fingerprint density at radius 1 is 1.42 bits per heavy atom. The maximum atomic E-state index is 12.6. The molecule has 1 aliphatic rings. The van der Waals surface area contributed by atoms with Crippen molar-refractivity contribution in [2.75, 3.05) is 26.8 Å². The molecule has 2 aromatic rings. The molecule has 8 nitrogen and oxygen atoms in total. The minimum Gasteiger partial charge on any atom is -0.385 e. The Kier molecular flexibility index (Phi) is 4.66. The van der Waals surface area contributed by atoms with Crippen LogP contribution in [0.2, 0.25) is 0 Å². The highest BCUT2D eigenvalue weighted by Crippen LogP contribution is 2.37. The standard InChI is InChI=1S/C16H23N5O3/c1-12-17-15(19-24-12)16(7-11-23-3)5-9-21(10-6-16)14(22)13-4-8-20(2)18-13/h4,8H,5-7,9-11H2,1-3H3. The zero-order valence-electron chi connectivity index (χ0n) is 14.4. The van der Waals surface area contributed by atoms with E-state index >= 15 is 0 Å². The van der Waals surface area contributed by atoms with Crippen molar-refractivity contribution in [3.63, 3.8) is 0 Å². The normalized spacial score (nSPS) is 17.2. The van der Waals surface area contributed by atoms with Crippen LogP contribution in [0.3, 0.4) is 0 Å². The van der Waals surface area contributed by atoms with Crippen LogP contribution in [-0.2, 0) is 17.2 Å². The third-order valence-corrected chi connectivity index (χ3v) is 4.73. The van der Waals surface area contributed by atoms with Gasteiger partial charge in [-0.3, -0.25) is 9.48 Å². The third-order valence-electron chi connectivity index (χ3n) is 4.73. The number of rotatable bonds is 5. The quantitative estimate of drug-likeness (QED) is 0.820. The number of nitrogens with zero attached hydrogens (tertiary/aromatic N) is 5. The zero-order chi connectivity index (χ0) is 17.2. The lowest BCUT2D eigenvalue weighted by Crippen LogP contribution is -2.46. The molecule has 0 saturated carbocycles. The van der Waals surface area contributed by atoms with Crippen LogP contribution in [0.25, 0.3) is 0 Å². The smallest absolute Gasteiger partial charge is 0.274 e. The molecule has 3 heterocycles. The molecule has 3 rings (SSSR count).